The molecule has 0 spiro atoms. The van der Waals surface area contributed by atoms with Gasteiger partial charge in [-0.2, -0.15) is 0 Å². The fraction of sp³-hybridized carbons (Fsp3) is 0.308. The molecule has 2 unspecified atom stereocenters. The zero-order valence-electron chi connectivity index (χ0n) is 18.0. The predicted molar refractivity (Wildman–Crippen MR) is 129 cm³/mol. The molecule has 2 aromatic carbocycles. The van der Waals surface area contributed by atoms with E-state index in [1.165, 1.54) is 5.56 Å². The summed E-state index contributed by atoms with van der Waals surface area (Å²) in [5.74, 6) is 0.529. The normalized spacial score (nSPS) is 24.1. The van der Waals surface area contributed by atoms with Gasteiger partial charge in [-0.3, -0.25) is 9.88 Å². The number of aromatic nitrogens is 1. The van der Waals surface area contributed by atoms with Crippen molar-refractivity contribution in [3.05, 3.63) is 84.7 Å². The summed E-state index contributed by atoms with van der Waals surface area (Å²) >= 11 is 1.66. The highest BCUT2D eigenvalue weighted by atomic mass is 32.2. The van der Waals surface area contributed by atoms with Crippen molar-refractivity contribution in [2.24, 2.45) is 5.92 Å². The first-order valence-corrected chi connectivity index (χ1v) is 12.1. The summed E-state index contributed by atoms with van der Waals surface area (Å²) in [7, 11) is 0. The van der Waals surface area contributed by atoms with E-state index in [1.54, 1.807) is 11.8 Å². The van der Waals surface area contributed by atoms with E-state index in [4.69, 9.17) is 0 Å². The van der Waals surface area contributed by atoms with E-state index in [1.807, 2.05) is 60.9 Å². The van der Waals surface area contributed by atoms with Gasteiger partial charge < -0.3 is 10.6 Å². The molecule has 0 saturated carbocycles. The summed E-state index contributed by atoms with van der Waals surface area (Å²) in [6.07, 6.45) is 6.96. The van der Waals surface area contributed by atoms with Gasteiger partial charge >= 0.3 is 6.03 Å². The first kappa shape index (κ1) is 21.0. The van der Waals surface area contributed by atoms with Crippen LogP contribution in [0.2, 0.25) is 0 Å². The van der Waals surface area contributed by atoms with Crippen LogP contribution in [0.4, 0.5) is 10.5 Å². The minimum atomic E-state index is -0.124. The second-order valence-corrected chi connectivity index (χ2v) is 9.66. The number of para-hydroxylation sites is 1. The quantitative estimate of drug-likeness (QED) is 0.558. The van der Waals surface area contributed by atoms with Crippen molar-refractivity contribution in [1.82, 2.24) is 15.2 Å². The molecule has 2 atom stereocenters. The van der Waals surface area contributed by atoms with E-state index in [-0.39, 0.29) is 12.1 Å². The third-order valence-electron chi connectivity index (χ3n) is 6.54. The molecule has 1 aromatic heterocycles. The lowest BCUT2D eigenvalue weighted by molar-refractivity contribution is 0.0184. The van der Waals surface area contributed by atoms with Gasteiger partial charge in [0.25, 0.3) is 0 Å². The number of fused-ring (bicyclic) bond motifs is 3. The second kappa shape index (κ2) is 9.76. The largest absolute Gasteiger partial charge is 0.333 e. The summed E-state index contributed by atoms with van der Waals surface area (Å²) in [6.45, 7) is 2.23. The summed E-state index contributed by atoms with van der Waals surface area (Å²) in [5.41, 5.74) is 2.06. The van der Waals surface area contributed by atoms with E-state index in [0.717, 1.165) is 47.8 Å². The average Bonchev–Trinajstić information content (AvgIpc) is 2.84. The zero-order chi connectivity index (χ0) is 21.8. The summed E-state index contributed by atoms with van der Waals surface area (Å²) < 4.78 is 0. The molecule has 3 aliphatic heterocycles. The topological polar surface area (TPSA) is 57.3 Å². The molecule has 2 N–H and O–H groups in total. The molecule has 6 heteroatoms. The standard InChI is InChI=1S/C26H28N4OS/c31-26(28-22-10-4-5-11-24(22)32-21-8-2-1-3-9-21)29-25-20-12-15-30(16-13-20)23(25)17-19-7-6-14-27-18-19/h1-11,14,18,20,23,25H,12-13,15-17H2,(H2,28,29,31). The minimum Gasteiger partial charge on any atom is -0.333 e. The van der Waals surface area contributed by atoms with Crippen LogP contribution in [0.25, 0.3) is 0 Å². The molecular formula is C26H28N4OS. The highest BCUT2D eigenvalue weighted by Gasteiger charge is 2.42. The van der Waals surface area contributed by atoms with Gasteiger partial charge in [-0.05, 0) is 74.2 Å². The number of carbonyl (C=O) groups is 1. The van der Waals surface area contributed by atoms with Gasteiger partial charge in [-0.1, -0.05) is 48.2 Å². The Bertz CT molecular complexity index is 1040. The molecule has 2 amide bonds. The van der Waals surface area contributed by atoms with Gasteiger partial charge in [0.05, 0.1) is 5.69 Å². The molecule has 3 aliphatic rings. The molecule has 2 bridgehead atoms. The van der Waals surface area contributed by atoms with Crippen LogP contribution in [0.5, 0.6) is 0 Å². The van der Waals surface area contributed by atoms with Gasteiger partial charge in [0.1, 0.15) is 0 Å². The molecule has 0 radical (unpaired) electrons. The molecule has 164 valence electrons. The van der Waals surface area contributed by atoms with Crippen LogP contribution >= 0.6 is 11.8 Å². The summed E-state index contributed by atoms with van der Waals surface area (Å²) in [5, 5.41) is 6.46. The molecule has 5 nitrogen and oxygen atoms in total. The van der Waals surface area contributed by atoms with Crippen molar-refractivity contribution in [3.63, 3.8) is 0 Å². The average molecular weight is 445 g/mol. The highest BCUT2D eigenvalue weighted by Crippen LogP contribution is 2.35. The minimum absolute atomic E-state index is 0.124. The Balaban J connectivity index is 1.29. The molecule has 3 fully saturated rings. The smallest absolute Gasteiger partial charge is 0.319 e. The Morgan fingerprint density at radius 1 is 1.00 bits per heavy atom. The van der Waals surface area contributed by atoms with Crippen molar-refractivity contribution in [2.75, 3.05) is 18.4 Å². The van der Waals surface area contributed by atoms with Crippen molar-refractivity contribution in [3.8, 4) is 0 Å². The van der Waals surface area contributed by atoms with Gasteiger partial charge in [-0.25, -0.2) is 4.79 Å². The van der Waals surface area contributed by atoms with E-state index >= 15 is 0 Å². The SMILES string of the molecule is O=C(Nc1ccccc1Sc1ccccc1)NC1C2CCN(CC2)C1Cc1cccnc1. The van der Waals surface area contributed by atoms with E-state index < -0.39 is 0 Å². The van der Waals surface area contributed by atoms with Crippen LogP contribution in [-0.4, -0.2) is 41.1 Å². The van der Waals surface area contributed by atoms with Gasteiger partial charge in [-0.15, -0.1) is 0 Å². The fourth-order valence-corrected chi connectivity index (χ4v) is 5.89. The number of rotatable bonds is 6. The van der Waals surface area contributed by atoms with Crippen LogP contribution in [-0.2, 0) is 6.42 Å². The maximum Gasteiger partial charge on any atom is 0.319 e. The monoisotopic (exact) mass is 444 g/mol. The molecule has 3 saturated heterocycles. The lowest BCUT2D eigenvalue weighted by Crippen LogP contribution is -2.64. The van der Waals surface area contributed by atoms with Gasteiger partial charge in [0, 0.05) is 34.3 Å². The number of benzene rings is 2. The number of carbonyl (C=O) groups excluding carboxylic acids is 1. The maximum absolute atomic E-state index is 13.1. The van der Waals surface area contributed by atoms with E-state index in [2.05, 4.69) is 38.7 Å². The number of amides is 2. The van der Waals surface area contributed by atoms with Crippen LogP contribution in [0.3, 0.4) is 0 Å². The number of nitrogens with zero attached hydrogens (tertiary/aromatic N) is 2. The van der Waals surface area contributed by atoms with Crippen molar-refractivity contribution >= 4 is 23.5 Å². The van der Waals surface area contributed by atoms with Crippen LogP contribution in [0, 0.1) is 5.92 Å². The van der Waals surface area contributed by atoms with Crippen molar-refractivity contribution in [2.45, 2.75) is 41.1 Å². The Morgan fingerprint density at radius 2 is 1.78 bits per heavy atom. The number of piperidine rings is 3. The first-order chi connectivity index (χ1) is 15.8. The Hall–Kier alpha value is -2.83. The van der Waals surface area contributed by atoms with Crippen molar-refractivity contribution < 1.29 is 4.79 Å². The van der Waals surface area contributed by atoms with Crippen LogP contribution in [0.1, 0.15) is 18.4 Å². The van der Waals surface area contributed by atoms with Gasteiger partial charge in [0.15, 0.2) is 0 Å². The van der Waals surface area contributed by atoms with Crippen LogP contribution < -0.4 is 10.6 Å². The number of urea groups is 1. The summed E-state index contributed by atoms with van der Waals surface area (Å²) in [6, 6.07) is 22.7. The van der Waals surface area contributed by atoms with Crippen LogP contribution in [0.15, 0.2) is 88.9 Å². The Morgan fingerprint density at radius 3 is 2.56 bits per heavy atom. The molecule has 6 rings (SSSR count). The maximum atomic E-state index is 13.1. The molecule has 4 heterocycles. The number of pyridine rings is 1. The predicted octanol–water partition coefficient (Wildman–Crippen LogP) is 5.06. The lowest BCUT2D eigenvalue weighted by Gasteiger charge is -2.51. The second-order valence-electron chi connectivity index (χ2n) is 8.54. The number of anilines is 1. The first-order valence-electron chi connectivity index (χ1n) is 11.3. The molecular weight excluding hydrogens is 416 g/mol. The Labute approximate surface area is 193 Å². The third kappa shape index (κ3) is 4.81. The summed E-state index contributed by atoms with van der Waals surface area (Å²) in [4.78, 5) is 22.1. The fourth-order valence-electron chi connectivity index (χ4n) is 4.97. The molecule has 3 aromatic rings. The molecule has 0 aliphatic carbocycles. The molecule has 32 heavy (non-hydrogen) atoms. The number of hydrogen-bond acceptors (Lipinski definition) is 4. The van der Waals surface area contributed by atoms with Gasteiger partial charge in [0.2, 0.25) is 0 Å². The Kier molecular flexibility index (Phi) is 6.41. The highest BCUT2D eigenvalue weighted by molar-refractivity contribution is 7.99. The number of hydrogen-bond donors (Lipinski definition) is 2. The van der Waals surface area contributed by atoms with E-state index in [9.17, 15) is 4.79 Å². The zero-order valence-corrected chi connectivity index (χ0v) is 18.8. The van der Waals surface area contributed by atoms with E-state index in [0.29, 0.717) is 12.0 Å². The lowest BCUT2D eigenvalue weighted by atomic mass is 9.77. The number of nitrogens with one attached hydrogen (secondary N) is 2. The van der Waals surface area contributed by atoms with Crippen molar-refractivity contribution in [1.29, 1.82) is 0 Å². The third-order valence-corrected chi connectivity index (χ3v) is 7.62.